The van der Waals surface area contributed by atoms with Gasteiger partial charge in [-0.05, 0) is 29.8 Å². The van der Waals surface area contributed by atoms with E-state index in [1.165, 1.54) is 37.4 Å². The Kier molecular flexibility index (Phi) is 6.09. The minimum Gasteiger partial charge on any atom is -0.478 e. The van der Waals surface area contributed by atoms with Crippen LogP contribution in [-0.4, -0.2) is 43.2 Å². The van der Waals surface area contributed by atoms with Crippen LogP contribution in [0.5, 0.6) is 5.75 Å². The van der Waals surface area contributed by atoms with Crippen molar-refractivity contribution in [2.75, 3.05) is 13.3 Å². The van der Waals surface area contributed by atoms with Crippen LogP contribution in [0, 0.1) is 0 Å². The molecule has 0 bridgehead atoms. The Labute approximate surface area is 150 Å². The molecular weight excluding hydrogens is 362 g/mol. The first-order valence-electron chi connectivity index (χ1n) is 7.38. The number of hydrogen-bond acceptors (Lipinski definition) is 6. The first-order chi connectivity index (χ1) is 12.2. The molecule has 0 aromatic heterocycles. The van der Waals surface area contributed by atoms with Crippen molar-refractivity contribution < 1.29 is 32.7 Å². The van der Waals surface area contributed by atoms with Crippen molar-refractivity contribution in [2.24, 2.45) is 0 Å². The molecule has 9 heteroatoms. The molecule has 26 heavy (non-hydrogen) atoms. The normalized spacial score (nSPS) is 11.3. The molecule has 2 aromatic carbocycles. The Hall–Kier alpha value is -2.75. The van der Waals surface area contributed by atoms with E-state index in [2.05, 4.69) is 0 Å². The van der Waals surface area contributed by atoms with Crippen molar-refractivity contribution in [1.82, 2.24) is 4.47 Å². The van der Waals surface area contributed by atoms with Gasteiger partial charge in [0, 0.05) is 7.05 Å². The zero-order valence-electron chi connectivity index (χ0n) is 14.1. The zero-order chi connectivity index (χ0) is 19.3. The monoisotopic (exact) mass is 379 g/mol. The molecular formula is C17H17NO7S. The van der Waals surface area contributed by atoms with Gasteiger partial charge in [-0.2, -0.15) is 0 Å². The van der Waals surface area contributed by atoms with Gasteiger partial charge >= 0.3 is 11.9 Å². The zero-order valence-corrected chi connectivity index (χ0v) is 14.9. The van der Waals surface area contributed by atoms with E-state index >= 15 is 0 Å². The van der Waals surface area contributed by atoms with E-state index in [0.29, 0.717) is 5.56 Å². The number of carboxylic acids is 1. The fraction of sp³-hybridized carbons (Fsp3) is 0.176. The van der Waals surface area contributed by atoms with E-state index in [0.717, 1.165) is 10.7 Å². The van der Waals surface area contributed by atoms with E-state index in [9.17, 15) is 18.0 Å². The number of carbonyl (C=O) groups excluding carboxylic acids is 1. The van der Waals surface area contributed by atoms with Crippen LogP contribution in [0.2, 0.25) is 0 Å². The quantitative estimate of drug-likeness (QED) is 0.444. The van der Waals surface area contributed by atoms with Crippen molar-refractivity contribution >= 4 is 22.0 Å². The van der Waals surface area contributed by atoms with Crippen molar-refractivity contribution in [3.63, 3.8) is 0 Å². The summed E-state index contributed by atoms with van der Waals surface area (Å²) in [7, 11) is -2.16. The lowest BCUT2D eigenvalue weighted by Gasteiger charge is -2.14. The van der Waals surface area contributed by atoms with E-state index < -0.39 is 22.0 Å². The van der Waals surface area contributed by atoms with Gasteiger partial charge in [-0.3, -0.25) is 4.84 Å². The predicted molar refractivity (Wildman–Crippen MR) is 92.2 cm³/mol. The van der Waals surface area contributed by atoms with Gasteiger partial charge in [0.25, 0.3) is 0 Å². The fourth-order valence-corrected chi connectivity index (χ4v) is 2.17. The molecule has 0 spiro atoms. The molecule has 138 valence electrons. The number of aromatic carboxylic acids is 1. The van der Waals surface area contributed by atoms with Crippen LogP contribution in [-0.2, 0) is 21.5 Å². The number of sulfonamides is 1. The Balaban J connectivity index is 2.03. The Bertz CT molecular complexity index is 907. The number of hydrogen-bond donors (Lipinski definition) is 1. The maximum absolute atomic E-state index is 12.2. The molecule has 0 aliphatic heterocycles. The number of benzene rings is 2. The molecule has 0 atom stereocenters. The predicted octanol–water partition coefficient (Wildman–Crippen LogP) is 1.93. The van der Waals surface area contributed by atoms with Crippen LogP contribution in [0.15, 0.2) is 48.5 Å². The SMILES string of the molecule is CN(OCc1ccc(OC(=O)c2ccccc2C(=O)O)cc1)S(C)(=O)=O. The highest BCUT2D eigenvalue weighted by Crippen LogP contribution is 2.17. The lowest BCUT2D eigenvalue weighted by Crippen LogP contribution is -2.25. The largest absolute Gasteiger partial charge is 0.478 e. The van der Waals surface area contributed by atoms with Gasteiger partial charge in [-0.25, -0.2) is 18.0 Å². The summed E-state index contributed by atoms with van der Waals surface area (Å²) in [6, 6.07) is 11.9. The van der Waals surface area contributed by atoms with Crippen molar-refractivity contribution in [3.8, 4) is 5.75 Å². The van der Waals surface area contributed by atoms with Gasteiger partial charge < -0.3 is 9.84 Å². The number of rotatable bonds is 7. The molecule has 8 nitrogen and oxygen atoms in total. The van der Waals surface area contributed by atoms with Crippen LogP contribution in [0.4, 0.5) is 0 Å². The van der Waals surface area contributed by atoms with Gasteiger partial charge in [0.1, 0.15) is 5.75 Å². The highest BCUT2D eigenvalue weighted by Gasteiger charge is 2.17. The third kappa shape index (κ3) is 5.12. The molecule has 2 rings (SSSR count). The lowest BCUT2D eigenvalue weighted by molar-refractivity contribution is -0.0764. The summed E-state index contributed by atoms with van der Waals surface area (Å²) in [4.78, 5) is 28.4. The fourth-order valence-electron chi connectivity index (χ4n) is 1.92. The summed E-state index contributed by atoms with van der Waals surface area (Å²) in [5, 5.41) is 9.11. The minimum absolute atomic E-state index is 0.0135. The Morgan fingerprint density at radius 2 is 1.62 bits per heavy atom. The van der Waals surface area contributed by atoms with Gasteiger partial charge in [0.2, 0.25) is 10.0 Å². The summed E-state index contributed by atoms with van der Waals surface area (Å²) in [5.41, 5.74) is 0.458. The molecule has 2 aromatic rings. The summed E-state index contributed by atoms with van der Waals surface area (Å²) in [6.07, 6.45) is 1.02. The van der Waals surface area contributed by atoms with E-state index in [1.54, 1.807) is 18.2 Å². The smallest absolute Gasteiger partial charge is 0.344 e. The van der Waals surface area contributed by atoms with Crippen LogP contribution in [0.25, 0.3) is 0 Å². The molecule has 0 unspecified atom stereocenters. The highest BCUT2D eigenvalue weighted by molar-refractivity contribution is 7.88. The number of ether oxygens (including phenoxy) is 1. The molecule has 0 fully saturated rings. The van der Waals surface area contributed by atoms with Crippen LogP contribution in [0.3, 0.4) is 0 Å². The van der Waals surface area contributed by atoms with Gasteiger partial charge in [-0.1, -0.05) is 28.7 Å². The van der Waals surface area contributed by atoms with E-state index in [-0.39, 0.29) is 23.5 Å². The lowest BCUT2D eigenvalue weighted by atomic mass is 10.1. The molecule has 0 aliphatic rings. The summed E-state index contributed by atoms with van der Waals surface area (Å²) in [6.45, 7) is 0.0135. The van der Waals surface area contributed by atoms with Gasteiger partial charge in [-0.15, -0.1) is 0 Å². The summed E-state index contributed by atoms with van der Waals surface area (Å²) < 4.78 is 28.4. The molecule has 0 amide bonds. The minimum atomic E-state index is -3.45. The van der Waals surface area contributed by atoms with Crippen molar-refractivity contribution in [1.29, 1.82) is 0 Å². The molecule has 0 saturated heterocycles. The first-order valence-corrected chi connectivity index (χ1v) is 9.23. The topological polar surface area (TPSA) is 110 Å². The third-order valence-corrected chi connectivity index (χ3v) is 4.43. The average Bonchev–Trinajstić information content (AvgIpc) is 2.60. The molecule has 0 aliphatic carbocycles. The Morgan fingerprint density at radius 3 is 2.15 bits per heavy atom. The average molecular weight is 379 g/mol. The standard InChI is InChI=1S/C17H17NO7S/c1-18(26(2,22)23)24-11-12-7-9-13(10-8-12)25-17(21)15-6-4-3-5-14(15)16(19)20/h3-10H,11H2,1-2H3,(H,19,20). The molecule has 0 radical (unpaired) electrons. The molecule has 0 saturated carbocycles. The van der Waals surface area contributed by atoms with Crippen LogP contribution < -0.4 is 4.74 Å². The van der Waals surface area contributed by atoms with E-state index in [1.807, 2.05) is 0 Å². The summed E-state index contributed by atoms with van der Waals surface area (Å²) >= 11 is 0. The van der Waals surface area contributed by atoms with Crippen molar-refractivity contribution in [3.05, 3.63) is 65.2 Å². The number of esters is 1. The van der Waals surface area contributed by atoms with Crippen molar-refractivity contribution in [2.45, 2.75) is 6.61 Å². The molecule has 0 heterocycles. The second-order valence-electron chi connectivity index (χ2n) is 5.33. The second-order valence-corrected chi connectivity index (χ2v) is 7.31. The summed E-state index contributed by atoms with van der Waals surface area (Å²) in [5.74, 6) is -1.79. The van der Waals surface area contributed by atoms with Crippen LogP contribution in [0.1, 0.15) is 26.3 Å². The first kappa shape index (κ1) is 19.6. The molecule has 1 N–H and O–H groups in total. The van der Waals surface area contributed by atoms with Gasteiger partial charge in [0.15, 0.2) is 0 Å². The number of carboxylic acid groups (broad SMARTS) is 1. The highest BCUT2D eigenvalue weighted by atomic mass is 32.2. The maximum Gasteiger partial charge on any atom is 0.344 e. The Morgan fingerprint density at radius 1 is 1.04 bits per heavy atom. The third-order valence-electron chi connectivity index (χ3n) is 3.39. The van der Waals surface area contributed by atoms with E-state index in [4.69, 9.17) is 14.7 Å². The maximum atomic E-state index is 12.2. The number of hydroxylamine groups is 1. The van der Waals surface area contributed by atoms with Gasteiger partial charge in [0.05, 0.1) is 24.0 Å². The van der Waals surface area contributed by atoms with Crippen LogP contribution >= 0.6 is 0 Å². The number of carbonyl (C=O) groups is 2. The second kappa shape index (κ2) is 8.09. The number of nitrogens with zero attached hydrogens (tertiary/aromatic N) is 1.